The number of ether oxygens (including phenoxy) is 2. The van der Waals surface area contributed by atoms with Crippen LogP contribution >= 0.6 is 0 Å². The Morgan fingerprint density at radius 1 is 1.07 bits per heavy atom. The number of piperidine rings is 1. The molecule has 0 saturated carbocycles. The quantitative estimate of drug-likeness (QED) is 0.753. The number of hydrogen-bond donors (Lipinski definition) is 2. The highest BCUT2D eigenvalue weighted by atomic mass is 16.6. The van der Waals surface area contributed by atoms with Gasteiger partial charge in [0.05, 0.1) is 0 Å². The van der Waals surface area contributed by atoms with Crippen LogP contribution in [-0.2, 0) is 0 Å². The highest BCUT2D eigenvalue weighted by Crippen LogP contribution is 2.35. The molecule has 1 fully saturated rings. The molecule has 1 unspecified atom stereocenters. The van der Waals surface area contributed by atoms with Crippen molar-refractivity contribution in [2.45, 2.75) is 31.8 Å². The first kappa shape index (κ1) is 20.5. The third-order valence-electron chi connectivity index (χ3n) is 5.87. The minimum atomic E-state index is -0.321. The minimum absolute atomic E-state index is 0.138. The first-order valence-corrected chi connectivity index (χ1v) is 10.8. The molecule has 6 nitrogen and oxygen atoms in total. The van der Waals surface area contributed by atoms with Gasteiger partial charge in [0.15, 0.2) is 17.1 Å². The maximum absolute atomic E-state index is 12.0. The lowest BCUT2D eigenvalue weighted by atomic mass is 9.92. The molecular weight excluding hydrogens is 378 g/mol. The molecule has 0 bridgehead atoms. The van der Waals surface area contributed by atoms with Crippen LogP contribution in [0.5, 0.6) is 11.5 Å². The monoisotopic (exact) mass is 409 g/mol. The van der Waals surface area contributed by atoms with Crippen LogP contribution in [0.2, 0.25) is 0 Å². The standard InChI is InChI=1S/C24H31N3O3/c1-24(18-29-21-9-5-6-10-22(21)30-24)17-27-15-12-19(13-16-27)11-14-25-23(28)26-20-7-3-2-4-8-20/h2-10,19H,11-18H2,1H3,(H2,25,26,28). The number of carbonyl (C=O) groups is 1. The molecule has 0 aromatic heterocycles. The number of nitrogens with one attached hydrogen (secondary N) is 2. The molecular formula is C24H31N3O3. The number of urea groups is 1. The van der Waals surface area contributed by atoms with Crippen molar-refractivity contribution in [2.24, 2.45) is 5.92 Å². The first-order chi connectivity index (χ1) is 14.6. The number of nitrogens with zero attached hydrogens (tertiary/aromatic N) is 1. The topological polar surface area (TPSA) is 62.8 Å². The fraction of sp³-hybridized carbons (Fsp3) is 0.458. The predicted octanol–water partition coefficient (Wildman–Crippen LogP) is 4.14. The van der Waals surface area contributed by atoms with Crippen molar-refractivity contribution in [3.8, 4) is 11.5 Å². The summed E-state index contributed by atoms with van der Waals surface area (Å²) in [7, 11) is 0. The van der Waals surface area contributed by atoms with Crippen LogP contribution in [0.25, 0.3) is 0 Å². The number of carbonyl (C=O) groups excluding carboxylic acids is 1. The van der Waals surface area contributed by atoms with Crippen LogP contribution in [0.3, 0.4) is 0 Å². The summed E-state index contributed by atoms with van der Waals surface area (Å²) in [6, 6.07) is 17.3. The van der Waals surface area contributed by atoms with Gasteiger partial charge in [-0.3, -0.25) is 4.90 Å². The zero-order chi connectivity index (χ0) is 20.8. The van der Waals surface area contributed by atoms with E-state index in [4.69, 9.17) is 9.47 Å². The van der Waals surface area contributed by atoms with Gasteiger partial charge in [-0.15, -0.1) is 0 Å². The summed E-state index contributed by atoms with van der Waals surface area (Å²) in [6.45, 7) is 6.39. The number of hydrogen-bond acceptors (Lipinski definition) is 4. The zero-order valence-electron chi connectivity index (χ0n) is 17.6. The Labute approximate surface area is 178 Å². The van der Waals surface area contributed by atoms with E-state index >= 15 is 0 Å². The summed E-state index contributed by atoms with van der Waals surface area (Å²) >= 11 is 0. The Balaban J connectivity index is 1.15. The van der Waals surface area contributed by atoms with Crippen molar-refractivity contribution in [2.75, 3.05) is 38.1 Å². The molecule has 0 spiro atoms. The number of amides is 2. The minimum Gasteiger partial charge on any atom is -0.485 e. The number of para-hydroxylation sites is 3. The van der Waals surface area contributed by atoms with Crippen LogP contribution in [0.4, 0.5) is 10.5 Å². The van der Waals surface area contributed by atoms with Crippen molar-refractivity contribution in [3.63, 3.8) is 0 Å². The fourth-order valence-electron chi connectivity index (χ4n) is 4.25. The molecule has 1 atom stereocenters. The average molecular weight is 410 g/mol. The largest absolute Gasteiger partial charge is 0.485 e. The van der Waals surface area contributed by atoms with Gasteiger partial charge in [-0.2, -0.15) is 0 Å². The van der Waals surface area contributed by atoms with Gasteiger partial charge in [0.25, 0.3) is 0 Å². The van der Waals surface area contributed by atoms with Gasteiger partial charge in [0.1, 0.15) is 6.61 Å². The molecule has 2 heterocycles. The number of benzene rings is 2. The fourth-order valence-corrected chi connectivity index (χ4v) is 4.25. The Hall–Kier alpha value is -2.73. The van der Waals surface area contributed by atoms with Crippen molar-refractivity contribution in [1.29, 1.82) is 0 Å². The number of anilines is 1. The molecule has 30 heavy (non-hydrogen) atoms. The van der Waals surface area contributed by atoms with E-state index < -0.39 is 0 Å². The van der Waals surface area contributed by atoms with Crippen LogP contribution in [0.1, 0.15) is 26.2 Å². The van der Waals surface area contributed by atoms with E-state index in [-0.39, 0.29) is 11.6 Å². The molecule has 160 valence electrons. The van der Waals surface area contributed by atoms with Gasteiger partial charge in [-0.25, -0.2) is 4.79 Å². The SMILES string of the molecule is CC1(CN2CCC(CCNC(=O)Nc3ccccc3)CC2)COc2ccccc2O1. The number of fused-ring (bicyclic) bond motifs is 1. The van der Waals surface area contributed by atoms with Gasteiger partial charge in [-0.05, 0) is 69.5 Å². The lowest BCUT2D eigenvalue weighted by molar-refractivity contribution is -0.0259. The first-order valence-electron chi connectivity index (χ1n) is 10.8. The van der Waals surface area contributed by atoms with E-state index in [2.05, 4.69) is 22.5 Å². The molecule has 4 rings (SSSR count). The highest BCUT2D eigenvalue weighted by Gasteiger charge is 2.35. The second-order valence-corrected chi connectivity index (χ2v) is 8.54. The zero-order valence-corrected chi connectivity index (χ0v) is 17.6. The van der Waals surface area contributed by atoms with E-state index in [1.54, 1.807) is 0 Å². The Morgan fingerprint density at radius 3 is 2.53 bits per heavy atom. The summed E-state index contributed by atoms with van der Waals surface area (Å²) in [5, 5.41) is 5.83. The summed E-state index contributed by atoms with van der Waals surface area (Å²) in [4.78, 5) is 14.5. The highest BCUT2D eigenvalue weighted by molar-refractivity contribution is 5.89. The van der Waals surface area contributed by atoms with E-state index in [0.717, 1.165) is 56.1 Å². The van der Waals surface area contributed by atoms with Gasteiger partial charge in [0.2, 0.25) is 0 Å². The summed E-state index contributed by atoms with van der Waals surface area (Å²) in [5.74, 6) is 2.31. The van der Waals surface area contributed by atoms with Gasteiger partial charge >= 0.3 is 6.03 Å². The summed E-state index contributed by atoms with van der Waals surface area (Å²) in [5.41, 5.74) is 0.492. The van der Waals surface area contributed by atoms with Crippen LogP contribution < -0.4 is 20.1 Å². The average Bonchev–Trinajstić information content (AvgIpc) is 2.75. The lowest BCUT2D eigenvalue weighted by Gasteiger charge is -2.41. The van der Waals surface area contributed by atoms with E-state index in [0.29, 0.717) is 19.1 Å². The summed E-state index contributed by atoms with van der Waals surface area (Å²) < 4.78 is 12.2. The molecule has 0 aliphatic carbocycles. The third-order valence-corrected chi connectivity index (χ3v) is 5.87. The molecule has 2 aromatic rings. The van der Waals surface area contributed by atoms with Crippen molar-refractivity contribution < 1.29 is 14.3 Å². The Morgan fingerprint density at radius 2 is 1.77 bits per heavy atom. The Bertz CT molecular complexity index is 837. The maximum atomic E-state index is 12.0. The van der Waals surface area contributed by atoms with Crippen LogP contribution in [-0.4, -0.2) is 49.3 Å². The summed E-state index contributed by atoms with van der Waals surface area (Å²) in [6.07, 6.45) is 3.31. The van der Waals surface area contributed by atoms with Crippen LogP contribution in [0, 0.1) is 5.92 Å². The number of likely N-dealkylation sites (tertiary alicyclic amines) is 1. The Kier molecular flexibility index (Phi) is 6.43. The normalized spacial score (nSPS) is 21.8. The molecule has 2 N–H and O–H groups in total. The van der Waals surface area contributed by atoms with Gasteiger partial charge in [0, 0.05) is 18.8 Å². The van der Waals surface area contributed by atoms with Crippen molar-refractivity contribution in [3.05, 3.63) is 54.6 Å². The lowest BCUT2D eigenvalue weighted by Crippen LogP contribution is -2.52. The van der Waals surface area contributed by atoms with Crippen LogP contribution in [0.15, 0.2) is 54.6 Å². The second-order valence-electron chi connectivity index (χ2n) is 8.54. The smallest absolute Gasteiger partial charge is 0.319 e. The second kappa shape index (κ2) is 9.39. The van der Waals surface area contributed by atoms with E-state index in [9.17, 15) is 4.79 Å². The maximum Gasteiger partial charge on any atom is 0.319 e. The molecule has 0 radical (unpaired) electrons. The molecule has 2 aliphatic rings. The van der Waals surface area contributed by atoms with E-state index in [1.165, 1.54) is 0 Å². The van der Waals surface area contributed by atoms with Crippen molar-refractivity contribution in [1.82, 2.24) is 10.2 Å². The molecule has 2 amide bonds. The molecule has 6 heteroatoms. The van der Waals surface area contributed by atoms with E-state index in [1.807, 2.05) is 54.6 Å². The van der Waals surface area contributed by atoms with Gasteiger partial charge < -0.3 is 20.1 Å². The number of rotatable bonds is 6. The van der Waals surface area contributed by atoms with Gasteiger partial charge in [-0.1, -0.05) is 30.3 Å². The molecule has 2 aliphatic heterocycles. The van der Waals surface area contributed by atoms with Crippen molar-refractivity contribution >= 4 is 11.7 Å². The molecule has 2 aromatic carbocycles. The third kappa shape index (κ3) is 5.45. The molecule has 1 saturated heterocycles. The predicted molar refractivity (Wildman–Crippen MR) is 118 cm³/mol.